The Bertz CT molecular complexity index is 674. The molecule has 3 N–H and O–H groups in total. The first-order valence-corrected chi connectivity index (χ1v) is 5.74. The lowest BCUT2D eigenvalue weighted by atomic mass is 10.2. The van der Waals surface area contributed by atoms with Crippen molar-refractivity contribution in [2.24, 2.45) is 12.8 Å². The molecule has 0 bridgehead atoms. The predicted octanol–water partition coefficient (Wildman–Crippen LogP) is 1.32. The zero-order chi connectivity index (χ0) is 14.9. The van der Waals surface area contributed by atoms with E-state index in [1.165, 1.54) is 28.9 Å². The number of hydrogen-bond donors (Lipinski definition) is 2. The summed E-state index contributed by atoms with van der Waals surface area (Å²) >= 11 is 0. The molecule has 0 aliphatic carbocycles. The summed E-state index contributed by atoms with van der Waals surface area (Å²) in [5, 5.41) is 13.2. The monoisotopic (exact) mass is 275 g/mol. The molecular formula is C13H13N3O4. The van der Waals surface area contributed by atoms with Gasteiger partial charge in [0.15, 0.2) is 0 Å². The fraction of sp³-hybridized carbons (Fsp3) is 0.154. The number of nitrogens with two attached hydrogens (primary N) is 1. The van der Waals surface area contributed by atoms with Gasteiger partial charge in [-0.2, -0.15) is 5.10 Å². The Balaban J connectivity index is 2.35. The molecule has 0 aliphatic rings. The number of primary amides is 1. The van der Waals surface area contributed by atoms with E-state index < -0.39 is 11.9 Å². The zero-order valence-electron chi connectivity index (χ0n) is 11.0. The molecule has 0 spiro atoms. The molecule has 1 aromatic heterocycles. The minimum absolute atomic E-state index is 0.00600. The summed E-state index contributed by atoms with van der Waals surface area (Å²) in [5.74, 6) is -1.14. The number of carboxylic acids is 1. The van der Waals surface area contributed by atoms with Crippen LogP contribution in [0.2, 0.25) is 0 Å². The zero-order valence-corrected chi connectivity index (χ0v) is 11.0. The third-order valence-corrected chi connectivity index (χ3v) is 2.74. The second-order valence-corrected chi connectivity index (χ2v) is 4.19. The highest BCUT2D eigenvalue weighted by Gasteiger charge is 2.21. The van der Waals surface area contributed by atoms with Crippen molar-refractivity contribution in [3.05, 3.63) is 41.1 Å². The summed E-state index contributed by atoms with van der Waals surface area (Å²) in [7, 11) is 1.59. The van der Waals surface area contributed by atoms with Crippen molar-refractivity contribution >= 4 is 11.9 Å². The second-order valence-electron chi connectivity index (χ2n) is 4.19. The van der Waals surface area contributed by atoms with Gasteiger partial charge in [-0.3, -0.25) is 4.79 Å². The lowest BCUT2D eigenvalue weighted by molar-refractivity contribution is 0.0693. The van der Waals surface area contributed by atoms with E-state index in [0.717, 1.165) is 0 Å². The van der Waals surface area contributed by atoms with E-state index >= 15 is 0 Å². The fourth-order valence-corrected chi connectivity index (χ4v) is 1.80. The van der Waals surface area contributed by atoms with Crippen molar-refractivity contribution in [3.8, 4) is 11.6 Å². The van der Waals surface area contributed by atoms with Crippen molar-refractivity contribution < 1.29 is 19.4 Å². The van der Waals surface area contributed by atoms with Crippen molar-refractivity contribution in [2.75, 3.05) is 0 Å². The highest BCUT2D eigenvalue weighted by Crippen LogP contribution is 2.27. The molecule has 7 heteroatoms. The summed E-state index contributed by atoms with van der Waals surface area (Å²) in [6.45, 7) is 1.59. The summed E-state index contributed by atoms with van der Waals surface area (Å²) in [6.07, 6.45) is 0. The number of carbonyl (C=O) groups excluding carboxylic acids is 1. The van der Waals surface area contributed by atoms with Gasteiger partial charge in [0.1, 0.15) is 11.3 Å². The van der Waals surface area contributed by atoms with Gasteiger partial charge in [0.05, 0.1) is 5.69 Å². The maximum absolute atomic E-state index is 11.2. The number of aromatic carboxylic acids is 1. The number of aromatic nitrogens is 2. The van der Waals surface area contributed by atoms with Crippen LogP contribution >= 0.6 is 0 Å². The van der Waals surface area contributed by atoms with Crippen molar-refractivity contribution in [2.45, 2.75) is 6.92 Å². The second kappa shape index (κ2) is 5.04. The summed E-state index contributed by atoms with van der Waals surface area (Å²) < 4.78 is 6.87. The van der Waals surface area contributed by atoms with Crippen molar-refractivity contribution in [3.63, 3.8) is 0 Å². The van der Waals surface area contributed by atoms with Crippen LogP contribution in [0.15, 0.2) is 24.3 Å². The van der Waals surface area contributed by atoms with Crippen LogP contribution in [-0.2, 0) is 7.05 Å². The number of hydrogen-bond acceptors (Lipinski definition) is 4. The molecule has 0 fully saturated rings. The molecule has 0 saturated heterocycles. The lowest BCUT2D eigenvalue weighted by Gasteiger charge is -2.07. The molecule has 20 heavy (non-hydrogen) atoms. The standard InChI is InChI=1S/C13H13N3O4/c1-7-10(13(18)19)12(16(2)15-7)20-9-5-3-8(4-6-9)11(14)17/h3-6H,1-2H3,(H2,14,17)(H,18,19). The van der Waals surface area contributed by atoms with E-state index in [-0.39, 0.29) is 11.4 Å². The molecule has 0 aliphatic heterocycles. The van der Waals surface area contributed by atoms with Crippen LogP contribution in [0.1, 0.15) is 26.4 Å². The minimum atomic E-state index is -1.11. The Labute approximate surface area is 114 Å². The number of carboxylic acid groups (broad SMARTS) is 1. The molecule has 1 amide bonds. The molecule has 0 radical (unpaired) electrons. The summed E-state index contributed by atoms with van der Waals surface area (Å²) in [5.41, 5.74) is 5.85. The number of benzene rings is 1. The third-order valence-electron chi connectivity index (χ3n) is 2.74. The number of ether oxygens (including phenoxy) is 1. The molecule has 2 rings (SSSR count). The topological polar surface area (TPSA) is 107 Å². The third kappa shape index (κ3) is 2.46. The van der Waals surface area contributed by atoms with Crippen LogP contribution in [-0.4, -0.2) is 26.8 Å². The summed E-state index contributed by atoms with van der Waals surface area (Å²) in [6, 6.07) is 6.07. The number of amides is 1. The van der Waals surface area contributed by atoms with Crippen molar-refractivity contribution in [1.29, 1.82) is 0 Å². The molecule has 2 aromatic rings. The average molecular weight is 275 g/mol. The van der Waals surface area contributed by atoms with Crippen LogP contribution in [0.4, 0.5) is 0 Å². The van der Waals surface area contributed by atoms with Crippen LogP contribution in [0.25, 0.3) is 0 Å². The molecule has 7 nitrogen and oxygen atoms in total. The smallest absolute Gasteiger partial charge is 0.343 e. The maximum Gasteiger partial charge on any atom is 0.343 e. The first-order chi connectivity index (χ1) is 9.40. The molecule has 1 aromatic carbocycles. The van der Waals surface area contributed by atoms with Crippen molar-refractivity contribution in [1.82, 2.24) is 9.78 Å². The highest BCUT2D eigenvalue weighted by molar-refractivity contribution is 5.93. The Morgan fingerprint density at radius 3 is 2.40 bits per heavy atom. The minimum Gasteiger partial charge on any atom is -0.477 e. The van der Waals surface area contributed by atoms with Gasteiger partial charge in [0, 0.05) is 12.6 Å². The lowest BCUT2D eigenvalue weighted by Crippen LogP contribution is -2.10. The van der Waals surface area contributed by atoms with Gasteiger partial charge in [-0.15, -0.1) is 0 Å². The normalized spacial score (nSPS) is 10.3. The SMILES string of the molecule is Cc1nn(C)c(Oc2ccc(C(N)=O)cc2)c1C(=O)O. The van der Waals surface area contributed by atoms with Crippen LogP contribution in [0, 0.1) is 6.92 Å². The van der Waals surface area contributed by atoms with Gasteiger partial charge in [-0.05, 0) is 31.2 Å². The Kier molecular flexibility index (Phi) is 3.43. The molecule has 0 unspecified atom stereocenters. The van der Waals surface area contributed by atoms with E-state index in [4.69, 9.17) is 15.6 Å². The molecule has 104 valence electrons. The fourth-order valence-electron chi connectivity index (χ4n) is 1.80. The molecular weight excluding hydrogens is 262 g/mol. The maximum atomic E-state index is 11.2. The van der Waals surface area contributed by atoms with Gasteiger partial charge in [0.25, 0.3) is 0 Å². The molecule has 0 saturated carbocycles. The highest BCUT2D eigenvalue weighted by atomic mass is 16.5. The predicted molar refractivity (Wildman–Crippen MR) is 69.9 cm³/mol. The Morgan fingerprint density at radius 2 is 1.90 bits per heavy atom. The van der Waals surface area contributed by atoms with E-state index in [2.05, 4.69) is 5.10 Å². The van der Waals surface area contributed by atoms with Crippen LogP contribution < -0.4 is 10.5 Å². The molecule has 1 heterocycles. The Morgan fingerprint density at radius 1 is 1.30 bits per heavy atom. The van der Waals surface area contributed by atoms with Gasteiger partial charge >= 0.3 is 5.97 Å². The van der Waals surface area contributed by atoms with E-state index in [1.807, 2.05) is 0 Å². The van der Waals surface area contributed by atoms with Gasteiger partial charge < -0.3 is 15.6 Å². The van der Waals surface area contributed by atoms with Gasteiger partial charge in [-0.1, -0.05) is 0 Å². The van der Waals surface area contributed by atoms with E-state index in [0.29, 0.717) is 17.0 Å². The molecule has 0 atom stereocenters. The average Bonchev–Trinajstić information content (AvgIpc) is 2.64. The van der Waals surface area contributed by atoms with Crippen LogP contribution in [0.5, 0.6) is 11.6 Å². The first-order valence-electron chi connectivity index (χ1n) is 5.74. The van der Waals surface area contributed by atoms with Gasteiger partial charge in [0.2, 0.25) is 11.8 Å². The summed E-state index contributed by atoms with van der Waals surface area (Å²) in [4.78, 5) is 22.2. The quantitative estimate of drug-likeness (QED) is 0.874. The number of carbonyl (C=O) groups is 2. The number of nitrogens with zero attached hydrogens (tertiary/aromatic N) is 2. The van der Waals surface area contributed by atoms with E-state index in [9.17, 15) is 9.59 Å². The van der Waals surface area contributed by atoms with Gasteiger partial charge in [-0.25, -0.2) is 9.48 Å². The number of aryl methyl sites for hydroxylation is 2. The van der Waals surface area contributed by atoms with Crippen LogP contribution in [0.3, 0.4) is 0 Å². The first kappa shape index (κ1) is 13.6. The Hall–Kier alpha value is -2.83. The number of rotatable bonds is 4. The van der Waals surface area contributed by atoms with E-state index in [1.54, 1.807) is 14.0 Å². The largest absolute Gasteiger partial charge is 0.477 e.